The number of hydrogen-bond donors (Lipinski definition) is 3. The number of hydrogen-bond acceptors (Lipinski definition) is 3. The molecule has 0 aromatic carbocycles. The molecular formula is C6H15ClN2O2. The molecule has 5 N–H and O–H groups in total. The van der Waals surface area contributed by atoms with Crippen molar-refractivity contribution >= 4 is 18.4 Å². The molecule has 5 heteroatoms. The maximum atomic E-state index is 10.1. The first kappa shape index (κ1) is 13.3. The lowest BCUT2D eigenvalue weighted by Gasteiger charge is -2.03. The second-order valence-electron chi connectivity index (χ2n) is 2.23. The first-order chi connectivity index (χ1) is 4.68. The second-order valence-corrected chi connectivity index (χ2v) is 2.23. The summed E-state index contributed by atoms with van der Waals surface area (Å²) in [6, 6.07) is -0.716. The summed E-state index contributed by atoms with van der Waals surface area (Å²) in [4.78, 5) is 10.1. The molecule has 4 nitrogen and oxygen atoms in total. The van der Waals surface area contributed by atoms with Gasteiger partial charge < -0.3 is 16.6 Å². The molecule has 0 aromatic rings. The van der Waals surface area contributed by atoms with Crippen LogP contribution in [0.2, 0.25) is 0 Å². The van der Waals surface area contributed by atoms with Gasteiger partial charge >= 0.3 is 5.97 Å². The van der Waals surface area contributed by atoms with Gasteiger partial charge in [0.25, 0.3) is 0 Å². The first-order valence-corrected chi connectivity index (χ1v) is 3.37. The summed E-state index contributed by atoms with van der Waals surface area (Å²) in [5.41, 5.74) is 10.4. The largest absolute Gasteiger partial charge is 0.480 e. The van der Waals surface area contributed by atoms with Gasteiger partial charge in [-0.25, -0.2) is 0 Å². The smallest absolute Gasteiger partial charge is 0.320 e. The third-order valence-corrected chi connectivity index (χ3v) is 1.29. The molecule has 0 radical (unpaired) electrons. The van der Waals surface area contributed by atoms with Crippen LogP contribution in [0.25, 0.3) is 0 Å². The van der Waals surface area contributed by atoms with Crippen molar-refractivity contribution in [2.45, 2.75) is 25.3 Å². The quantitative estimate of drug-likeness (QED) is 0.318. The lowest BCUT2D eigenvalue weighted by molar-refractivity contribution is -0.138. The predicted octanol–water partition coefficient (Wildman–Crippen LogP) is -0.0509. The normalized spacial score (nSPS) is 11.8. The summed E-state index contributed by atoms with van der Waals surface area (Å²) >= 11 is 0. The van der Waals surface area contributed by atoms with Crippen LogP contribution in [-0.4, -0.2) is 23.7 Å². The predicted molar refractivity (Wildman–Crippen MR) is 45.8 cm³/mol. The van der Waals surface area contributed by atoms with Crippen LogP contribution in [0.15, 0.2) is 0 Å². The van der Waals surface area contributed by atoms with Gasteiger partial charge in [-0.2, -0.15) is 0 Å². The van der Waals surface area contributed by atoms with Crippen LogP contribution < -0.4 is 11.5 Å². The number of carboxylic acid groups (broad SMARTS) is 1. The Balaban J connectivity index is 0. The van der Waals surface area contributed by atoms with Gasteiger partial charge in [0.15, 0.2) is 0 Å². The van der Waals surface area contributed by atoms with Crippen LogP contribution >= 0.6 is 12.4 Å². The van der Waals surface area contributed by atoms with Crippen molar-refractivity contribution in [1.82, 2.24) is 0 Å². The zero-order valence-corrected chi connectivity index (χ0v) is 7.14. The molecule has 1 atom stereocenters. The zero-order valence-electron chi connectivity index (χ0n) is 6.32. The van der Waals surface area contributed by atoms with Crippen LogP contribution in [0.5, 0.6) is 0 Å². The fraction of sp³-hybridized carbons (Fsp3) is 0.833. The number of rotatable bonds is 5. The van der Waals surface area contributed by atoms with Gasteiger partial charge in [-0.1, -0.05) is 6.42 Å². The monoisotopic (exact) mass is 184 g/mol. The Morgan fingerprint density at radius 3 is 2.36 bits per heavy atom. The van der Waals surface area contributed by atoms with Crippen molar-refractivity contribution in [2.75, 3.05) is 6.54 Å². The van der Waals surface area contributed by atoms with Crippen molar-refractivity contribution in [3.63, 3.8) is 0 Å². The van der Waals surface area contributed by atoms with Gasteiger partial charge in [0.05, 0.1) is 0 Å². The molecule has 0 saturated carbocycles. The van der Waals surface area contributed by atoms with E-state index in [1.165, 1.54) is 0 Å². The highest BCUT2D eigenvalue weighted by atomic mass is 35.5. The molecule has 0 aliphatic carbocycles. The summed E-state index contributed by atoms with van der Waals surface area (Å²) in [6.45, 7) is 0.604. The van der Waals surface area contributed by atoms with Crippen molar-refractivity contribution in [2.24, 2.45) is 11.5 Å². The van der Waals surface area contributed by atoms with Crippen molar-refractivity contribution in [3.8, 4) is 0 Å². The van der Waals surface area contributed by atoms with Crippen LogP contribution in [0.1, 0.15) is 19.3 Å². The highest BCUT2D eigenvalue weighted by Gasteiger charge is 2.09. The van der Waals surface area contributed by atoms with E-state index in [0.29, 0.717) is 13.0 Å². The molecule has 0 fully saturated rings. The number of aliphatic carboxylic acids is 1. The number of nitrogens with two attached hydrogens (primary N) is 2. The lowest BCUT2D eigenvalue weighted by atomic mass is 10.1. The molecule has 0 heterocycles. The Kier molecular flexibility index (Phi) is 9.40. The van der Waals surface area contributed by atoms with Gasteiger partial charge in [0.1, 0.15) is 6.04 Å². The minimum Gasteiger partial charge on any atom is -0.480 e. The summed E-state index contributed by atoms with van der Waals surface area (Å²) in [5.74, 6) is -0.933. The Morgan fingerprint density at radius 1 is 1.45 bits per heavy atom. The Morgan fingerprint density at radius 2 is 2.00 bits per heavy atom. The number of carbonyl (C=O) groups is 1. The van der Waals surface area contributed by atoms with E-state index in [1.54, 1.807) is 0 Å². The SMILES string of the molecule is Cl.N[C@@H](CCC[13CH2][15NH2])C(=O)O. The Bertz CT molecular complexity index is 111. The van der Waals surface area contributed by atoms with Crippen LogP contribution in [0.4, 0.5) is 0 Å². The molecule has 0 unspecified atom stereocenters. The number of unbranched alkanes of at least 4 members (excludes halogenated alkanes) is 1. The minimum atomic E-state index is -0.933. The van der Waals surface area contributed by atoms with E-state index in [-0.39, 0.29) is 12.4 Å². The van der Waals surface area contributed by atoms with E-state index in [2.05, 4.69) is 0 Å². The molecular weight excluding hydrogens is 170 g/mol. The van der Waals surface area contributed by atoms with E-state index in [0.717, 1.165) is 12.8 Å². The highest BCUT2D eigenvalue weighted by Crippen LogP contribution is 1.96. The average Bonchev–Trinajstić information content (AvgIpc) is 1.88. The van der Waals surface area contributed by atoms with Crippen molar-refractivity contribution < 1.29 is 9.90 Å². The van der Waals surface area contributed by atoms with E-state index >= 15 is 0 Å². The van der Waals surface area contributed by atoms with E-state index < -0.39 is 12.0 Å². The molecule has 0 aliphatic heterocycles. The van der Waals surface area contributed by atoms with Gasteiger partial charge in [-0.3, -0.25) is 4.79 Å². The van der Waals surface area contributed by atoms with Crippen LogP contribution in [0, 0.1) is 0 Å². The van der Waals surface area contributed by atoms with Gasteiger partial charge in [0.2, 0.25) is 0 Å². The number of halogens is 1. The molecule has 0 bridgehead atoms. The number of carboxylic acids is 1. The van der Waals surface area contributed by atoms with Crippen LogP contribution in [0.3, 0.4) is 0 Å². The molecule has 0 amide bonds. The summed E-state index contributed by atoms with van der Waals surface area (Å²) in [5, 5.41) is 8.33. The van der Waals surface area contributed by atoms with E-state index in [9.17, 15) is 4.79 Å². The lowest BCUT2D eigenvalue weighted by Crippen LogP contribution is -2.29. The summed E-state index contributed by atoms with van der Waals surface area (Å²) in [7, 11) is 0. The maximum absolute atomic E-state index is 10.1. The van der Waals surface area contributed by atoms with E-state index in [1.807, 2.05) is 0 Å². The molecule has 11 heavy (non-hydrogen) atoms. The van der Waals surface area contributed by atoms with Gasteiger partial charge in [-0.15, -0.1) is 12.4 Å². The molecule has 0 aromatic heterocycles. The summed E-state index contributed by atoms with van der Waals surface area (Å²) < 4.78 is 0. The second kappa shape index (κ2) is 7.78. The standard InChI is InChI=1S/C6H14N2O2.ClH/c7-4-2-1-3-5(8)6(9)10;/h5H,1-4,7-8H2,(H,9,10);1H/t5-;/m0./s1/i4+1,7+1;. The molecule has 0 aliphatic rings. The van der Waals surface area contributed by atoms with E-state index in [4.69, 9.17) is 16.6 Å². The first-order valence-electron chi connectivity index (χ1n) is 3.37. The Labute approximate surface area is 72.4 Å². The van der Waals surface area contributed by atoms with Crippen molar-refractivity contribution in [3.05, 3.63) is 0 Å². The van der Waals surface area contributed by atoms with Crippen LogP contribution in [-0.2, 0) is 4.79 Å². The Hall–Kier alpha value is -0.320. The average molecular weight is 185 g/mol. The molecule has 0 saturated heterocycles. The highest BCUT2D eigenvalue weighted by molar-refractivity contribution is 5.85. The fourth-order valence-corrected chi connectivity index (χ4v) is 0.632. The zero-order chi connectivity index (χ0) is 7.98. The third kappa shape index (κ3) is 7.58. The molecule has 68 valence electrons. The van der Waals surface area contributed by atoms with Crippen molar-refractivity contribution in [1.29, 1.82) is 0 Å². The van der Waals surface area contributed by atoms with Gasteiger partial charge in [0, 0.05) is 0 Å². The van der Waals surface area contributed by atoms with Gasteiger partial charge in [-0.05, 0) is 19.4 Å². The topological polar surface area (TPSA) is 89.3 Å². The summed E-state index contributed by atoms with van der Waals surface area (Å²) in [6.07, 6.45) is 2.16. The maximum Gasteiger partial charge on any atom is 0.320 e. The molecule has 0 rings (SSSR count). The minimum absolute atomic E-state index is 0. The molecule has 0 spiro atoms. The fourth-order valence-electron chi connectivity index (χ4n) is 0.632. The third-order valence-electron chi connectivity index (χ3n) is 1.29.